The second kappa shape index (κ2) is 3.56. The first kappa shape index (κ1) is 10.4. The summed E-state index contributed by atoms with van der Waals surface area (Å²) in [5, 5.41) is 44.4. The van der Waals surface area contributed by atoms with Gasteiger partial charge >= 0.3 is 5.97 Å². The van der Waals surface area contributed by atoms with Gasteiger partial charge < -0.3 is 30.3 Å². The summed E-state index contributed by atoms with van der Waals surface area (Å²) in [6.07, 6.45) is -8.72. The molecule has 1 aliphatic heterocycles. The van der Waals surface area contributed by atoms with Gasteiger partial charge in [-0.3, -0.25) is 0 Å². The normalized spacial score (nSPS) is 46.0. The van der Waals surface area contributed by atoms with E-state index in [1.54, 1.807) is 0 Å². The molecule has 0 bridgehead atoms. The van der Waals surface area contributed by atoms with Gasteiger partial charge in [-0.25, -0.2) is 4.79 Å². The maximum absolute atomic E-state index is 10.4. The number of hydrogen-bond donors (Lipinski definition) is 5. The zero-order valence-electron chi connectivity index (χ0n) is 6.44. The van der Waals surface area contributed by atoms with E-state index in [1.165, 1.54) is 0 Å². The van der Waals surface area contributed by atoms with Crippen LogP contribution in [-0.4, -0.2) is 62.2 Å². The Morgan fingerprint density at radius 3 is 2.00 bits per heavy atom. The molecule has 0 aromatic rings. The molecule has 5 atom stereocenters. The lowest BCUT2D eigenvalue weighted by Crippen LogP contribution is -2.59. The SMILES string of the molecule is O=C(O)[C@H]1OC(O)[C@@H](O)[C@@H](O)[C@H]1O. The standard InChI is InChI=1S/C6H10O7/c7-1-2(8)4(5(10)11)13-6(12)3(1)9/h1-4,6-9,12H,(H,10,11)/t1-,2+,3-,4-,6?/m0/s1. The average molecular weight is 194 g/mol. The molecule has 7 heteroatoms. The van der Waals surface area contributed by atoms with Crippen molar-refractivity contribution in [3.63, 3.8) is 0 Å². The first-order chi connectivity index (χ1) is 5.95. The zero-order chi connectivity index (χ0) is 10.2. The quantitative estimate of drug-likeness (QED) is 0.298. The van der Waals surface area contributed by atoms with E-state index < -0.39 is 36.7 Å². The number of carboxylic acid groups (broad SMARTS) is 1. The summed E-state index contributed by atoms with van der Waals surface area (Å²) in [7, 11) is 0. The van der Waals surface area contributed by atoms with Gasteiger partial charge in [0.15, 0.2) is 12.4 Å². The van der Waals surface area contributed by atoms with Gasteiger partial charge in [0.1, 0.15) is 18.3 Å². The number of aliphatic carboxylic acids is 1. The van der Waals surface area contributed by atoms with Crippen LogP contribution >= 0.6 is 0 Å². The molecule has 0 aromatic carbocycles. The van der Waals surface area contributed by atoms with Crippen LogP contribution in [0.3, 0.4) is 0 Å². The lowest BCUT2D eigenvalue weighted by atomic mass is 9.99. The number of rotatable bonds is 1. The average Bonchev–Trinajstić information content (AvgIpc) is 2.07. The second-order valence-corrected chi connectivity index (χ2v) is 2.76. The number of aliphatic hydroxyl groups is 4. The maximum Gasteiger partial charge on any atom is 0.335 e. The highest BCUT2D eigenvalue weighted by atomic mass is 16.6. The van der Waals surface area contributed by atoms with Crippen molar-refractivity contribution in [1.82, 2.24) is 0 Å². The smallest absolute Gasteiger partial charge is 0.335 e. The summed E-state index contributed by atoms with van der Waals surface area (Å²) in [6, 6.07) is 0. The molecule has 5 N–H and O–H groups in total. The molecule has 0 amide bonds. The Hall–Kier alpha value is -0.730. The molecule has 76 valence electrons. The van der Waals surface area contributed by atoms with E-state index in [4.69, 9.17) is 25.5 Å². The van der Waals surface area contributed by atoms with Crippen LogP contribution in [0.4, 0.5) is 0 Å². The second-order valence-electron chi connectivity index (χ2n) is 2.76. The molecule has 0 spiro atoms. The highest BCUT2D eigenvalue weighted by Crippen LogP contribution is 2.19. The lowest BCUT2D eigenvalue weighted by Gasteiger charge is -2.36. The molecule has 1 unspecified atom stereocenters. The molecule has 1 rings (SSSR count). The Morgan fingerprint density at radius 1 is 1.00 bits per heavy atom. The predicted octanol–water partition coefficient (Wildman–Crippen LogP) is -3.13. The largest absolute Gasteiger partial charge is 0.479 e. The van der Waals surface area contributed by atoms with Crippen LogP contribution in [0, 0.1) is 0 Å². The van der Waals surface area contributed by atoms with E-state index in [9.17, 15) is 4.79 Å². The van der Waals surface area contributed by atoms with Gasteiger partial charge in [0.2, 0.25) is 0 Å². The Kier molecular flexibility index (Phi) is 2.84. The first-order valence-corrected chi connectivity index (χ1v) is 3.55. The highest BCUT2D eigenvalue weighted by molar-refractivity contribution is 5.73. The third-order valence-corrected chi connectivity index (χ3v) is 1.83. The van der Waals surface area contributed by atoms with Gasteiger partial charge in [0.05, 0.1) is 0 Å². The summed E-state index contributed by atoms with van der Waals surface area (Å²) in [5.41, 5.74) is 0. The minimum atomic E-state index is -1.81. The first-order valence-electron chi connectivity index (χ1n) is 3.55. The van der Waals surface area contributed by atoms with Crippen molar-refractivity contribution < 1.29 is 35.1 Å². The molecule has 0 saturated carbocycles. The summed E-state index contributed by atoms with van der Waals surface area (Å²) in [5.74, 6) is -1.52. The Morgan fingerprint density at radius 2 is 1.54 bits per heavy atom. The van der Waals surface area contributed by atoms with Crippen molar-refractivity contribution in [3.8, 4) is 0 Å². The highest BCUT2D eigenvalue weighted by Gasteiger charge is 2.46. The summed E-state index contributed by atoms with van der Waals surface area (Å²) in [6.45, 7) is 0. The van der Waals surface area contributed by atoms with Crippen LogP contribution in [-0.2, 0) is 9.53 Å². The van der Waals surface area contributed by atoms with Gasteiger partial charge in [0, 0.05) is 0 Å². The van der Waals surface area contributed by atoms with Crippen molar-refractivity contribution >= 4 is 5.97 Å². The topological polar surface area (TPSA) is 127 Å². The van der Waals surface area contributed by atoms with Crippen LogP contribution < -0.4 is 0 Å². The number of carbonyl (C=O) groups is 1. The molecular weight excluding hydrogens is 184 g/mol. The Bertz CT molecular complexity index is 205. The Balaban J connectivity index is 2.76. The number of hydrogen-bond acceptors (Lipinski definition) is 6. The Labute approximate surface area is 72.8 Å². The van der Waals surface area contributed by atoms with Crippen molar-refractivity contribution in [2.75, 3.05) is 0 Å². The van der Waals surface area contributed by atoms with Gasteiger partial charge in [0.25, 0.3) is 0 Å². The third kappa shape index (κ3) is 1.79. The van der Waals surface area contributed by atoms with E-state index in [2.05, 4.69) is 4.74 Å². The van der Waals surface area contributed by atoms with Crippen molar-refractivity contribution in [2.24, 2.45) is 0 Å². The third-order valence-electron chi connectivity index (χ3n) is 1.83. The minimum Gasteiger partial charge on any atom is -0.479 e. The fourth-order valence-corrected chi connectivity index (χ4v) is 1.07. The van der Waals surface area contributed by atoms with Crippen molar-refractivity contribution in [1.29, 1.82) is 0 Å². The van der Waals surface area contributed by atoms with Gasteiger partial charge in [-0.2, -0.15) is 0 Å². The molecule has 0 aliphatic carbocycles. The molecular formula is C6H10O7. The van der Waals surface area contributed by atoms with Crippen LogP contribution in [0.15, 0.2) is 0 Å². The fourth-order valence-electron chi connectivity index (χ4n) is 1.07. The van der Waals surface area contributed by atoms with E-state index >= 15 is 0 Å². The summed E-state index contributed by atoms with van der Waals surface area (Å²) in [4.78, 5) is 10.4. The van der Waals surface area contributed by atoms with Gasteiger partial charge in [-0.15, -0.1) is 0 Å². The van der Waals surface area contributed by atoms with Crippen molar-refractivity contribution in [3.05, 3.63) is 0 Å². The van der Waals surface area contributed by atoms with E-state index in [0.29, 0.717) is 0 Å². The van der Waals surface area contributed by atoms with Crippen molar-refractivity contribution in [2.45, 2.75) is 30.7 Å². The summed E-state index contributed by atoms with van der Waals surface area (Å²) < 4.78 is 4.34. The van der Waals surface area contributed by atoms with Crippen LogP contribution in [0.2, 0.25) is 0 Å². The number of carboxylic acids is 1. The van der Waals surface area contributed by atoms with Gasteiger partial charge in [-0.05, 0) is 0 Å². The van der Waals surface area contributed by atoms with Gasteiger partial charge in [-0.1, -0.05) is 0 Å². The fraction of sp³-hybridized carbons (Fsp3) is 0.833. The van der Waals surface area contributed by atoms with E-state index in [0.717, 1.165) is 0 Å². The molecule has 1 aliphatic rings. The molecule has 1 heterocycles. The molecule has 7 nitrogen and oxygen atoms in total. The van der Waals surface area contributed by atoms with Crippen LogP contribution in [0.5, 0.6) is 0 Å². The monoisotopic (exact) mass is 194 g/mol. The molecule has 1 fully saturated rings. The zero-order valence-corrected chi connectivity index (χ0v) is 6.44. The minimum absolute atomic E-state index is 1.52. The van der Waals surface area contributed by atoms with Crippen LogP contribution in [0.25, 0.3) is 0 Å². The molecule has 0 radical (unpaired) electrons. The van der Waals surface area contributed by atoms with Crippen LogP contribution in [0.1, 0.15) is 0 Å². The predicted molar refractivity (Wildman–Crippen MR) is 36.5 cm³/mol. The van der Waals surface area contributed by atoms with E-state index in [-0.39, 0.29) is 0 Å². The summed E-state index contributed by atoms with van der Waals surface area (Å²) >= 11 is 0. The maximum atomic E-state index is 10.4. The number of aliphatic hydroxyl groups excluding tert-OH is 4. The molecule has 1 saturated heterocycles. The molecule has 0 aromatic heterocycles. The molecule has 13 heavy (non-hydrogen) atoms. The van der Waals surface area contributed by atoms with E-state index in [1.807, 2.05) is 0 Å². The lowest BCUT2D eigenvalue weighted by molar-refractivity contribution is -0.279. The number of ether oxygens (including phenoxy) is 1.